The number of hydrogen-bond donors (Lipinski definition) is 0. The van der Waals surface area contributed by atoms with Gasteiger partial charge in [0.1, 0.15) is 10.7 Å². The Balaban J connectivity index is 2.74. The van der Waals surface area contributed by atoms with Gasteiger partial charge in [-0.2, -0.15) is 0 Å². The summed E-state index contributed by atoms with van der Waals surface area (Å²) < 4.78 is 9.69. The third kappa shape index (κ3) is 2.01. The molecule has 6 heteroatoms. The summed E-state index contributed by atoms with van der Waals surface area (Å²) in [5.41, 5.74) is 0.826. The first-order valence-electron chi connectivity index (χ1n) is 4.75. The van der Waals surface area contributed by atoms with Gasteiger partial charge in [-0.1, -0.05) is 11.6 Å². The minimum Gasteiger partial charge on any atom is -0.480 e. The Hall–Kier alpha value is -1.88. The number of nitrogens with zero attached hydrogens (tertiary/aromatic N) is 2. The zero-order chi connectivity index (χ0) is 12.4. The fourth-order valence-corrected chi connectivity index (χ4v) is 1.66. The molecule has 2 rings (SSSR count). The van der Waals surface area contributed by atoms with Crippen LogP contribution in [0.1, 0.15) is 10.4 Å². The van der Waals surface area contributed by atoms with Crippen molar-refractivity contribution in [3.63, 3.8) is 0 Å². The van der Waals surface area contributed by atoms with Gasteiger partial charge < -0.3 is 9.47 Å². The lowest BCUT2D eigenvalue weighted by Crippen LogP contribution is -2.06. The van der Waals surface area contributed by atoms with Crippen LogP contribution >= 0.6 is 11.6 Å². The molecule has 0 bridgehead atoms. The van der Waals surface area contributed by atoms with Crippen LogP contribution in [0.3, 0.4) is 0 Å². The van der Waals surface area contributed by atoms with Crippen molar-refractivity contribution in [2.75, 3.05) is 14.2 Å². The molecule has 0 aliphatic heterocycles. The molecule has 0 spiro atoms. The van der Waals surface area contributed by atoms with E-state index in [9.17, 15) is 4.79 Å². The average Bonchev–Trinajstić information content (AvgIpc) is 2.37. The lowest BCUT2D eigenvalue weighted by atomic mass is 10.2. The van der Waals surface area contributed by atoms with E-state index >= 15 is 0 Å². The van der Waals surface area contributed by atoms with Gasteiger partial charge in [0.2, 0.25) is 5.88 Å². The molecule has 0 saturated carbocycles. The van der Waals surface area contributed by atoms with Crippen LogP contribution in [0.25, 0.3) is 10.9 Å². The van der Waals surface area contributed by atoms with Gasteiger partial charge in [0.05, 0.1) is 19.7 Å². The summed E-state index contributed by atoms with van der Waals surface area (Å²) in [4.78, 5) is 19.6. The highest BCUT2D eigenvalue weighted by molar-refractivity contribution is 6.34. The van der Waals surface area contributed by atoms with E-state index in [1.54, 1.807) is 12.1 Å². The molecule has 2 aromatic heterocycles. The number of fused-ring (bicyclic) bond motifs is 1. The molecular formula is C11H9ClN2O3. The fourth-order valence-electron chi connectivity index (χ4n) is 1.46. The van der Waals surface area contributed by atoms with Gasteiger partial charge in [-0.05, 0) is 12.1 Å². The molecule has 0 aliphatic carbocycles. The van der Waals surface area contributed by atoms with Crippen LogP contribution in [0.2, 0.25) is 5.15 Å². The summed E-state index contributed by atoms with van der Waals surface area (Å²) in [6, 6.07) is 3.24. The number of carbonyl (C=O) groups is 1. The molecule has 0 amide bonds. The molecule has 0 unspecified atom stereocenters. The summed E-state index contributed by atoms with van der Waals surface area (Å²) in [5.74, 6) is -0.331. The quantitative estimate of drug-likeness (QED) is 0.605. The SMILES string of the molecule is COC(=O)c1cc2c(Cl)nccc2nc1OC. The van der Waals surface area contributed by atoms with Crippen molar-refractivity contribution in [3.8, 4) is 5.88 Å². The molecule has 17 heavy (non-hydrogen) atoms. The lowest BCUT2D eigenvalue weighted by Gasteiger charge is -2.07. The third-order valence-electron chi connectivity index (χ3n) is 2.26. The van der Waals surface area contributed by atoms with E-state index in [4.69, 9.17) is 16.3 Å². The molecular weight excluding hydrogens is 244 g/mol. The van der Waals surface area contributed by atoms with E-state index in [0.29, 0.717) is 10.9 Å². The number of pyridine rings is 2. The highest BCUT2D eigenvalue weighted by atomic mass is 35.5. The summed E-state index contributed by atoms with van der Waals surface area (Å²) in [7, 11) is 2.72. The highest BCUT2D eigenvalue weighted by Gasteiger charge is 2.16. The molecule has 0 saturated heterocycles. The molecule has 0 N–H and O–H groups in total. The number of halogens is 1. The standard InChI is InChI=1S/C11H9ClN2O3/c1-16-10-7(11(15)17-2)5-6-8(14-10)3-4-13-9(6)12/h3-5H,1-2H3. The predicted octanol–water partition coefficient (Wildman–Crippen LogP) is 2.08. The van der Waals surface area contributed by atoms with Crippen LogP contribution in [-0.2, 0) is 4.74 Å². The number of hydrogen-bond acceptors (Lipinski definition) is 5. The maximum absolute atomic E-state index is 11.5. The minimum absolute atomic E-state index is 0.201. The Morgan fingerprint density at radius 1 is 1.41 bits per heavy atom. The van der Waals surface area contributed by atoms with E-state index in [1.165, 1.54) is 20.4 Å². The Bertz CT molecular complexity index is 586. The molecule has 2 heterocycles. The van der Waals surface area contributed by atoms with Crippen molar-refractivity contribution in [1.29, 1.82) is 0 Å². The molecule has 0 radical (unpaired) electrons. The van der Waals surface area contributed by atoms with Gasteiger partial charge in [-0.25, -0.2) is 14.8 Å². The maximum atomic E-state index is 11.5. The van der Waals surface area contributed by atoms with Crippen LogP contribution in [0.15, 0.2) is 18.3 Å². The largest absolute Gasteiger partial charge is 0.480 e. The summed E-state index contributed by atoms with van der Waals surface area (Å²) >= 11 is 5.93. The Morgan fingerprint density at radius 2 is 2.18 bits per heavy atom. The number of carbonyl (C=O) groups excluding carboxylic acids is 1. The smallest absolute Gasteiger partial charge is 0.343 e. The molecule has 5 nitrogen and oxygen atoms in total. The zero-order valence-electron chi connectivity index (χ0n) is 9.23. The molecule has 0 aliphatic rings. The van der Waals surface area contributed by atoms with Gasteiger partial charge in [-0.15, -0.1) is 0 Å². The van der Waals surface area contributed by atoms with E-state index in [1.807, 2.05) is 0 Å². The molecule has 0 aromatic carbocycles. The second-order valence-electron chi connectivity index (χ2n) is 3.21. The predicted molar refractivity (Wildman–Crippen MR) is 62.4 cm³/mol. The van der Waals surface area contributed by atoms with Gasteiger partial charge in [0, 0.05) is 11.6 Å². The fraction of sp³-hybridized carbons (Fsp3) is 0.182. The van der Waals surface area contributed by atoms with Gasteiger partial charge in [0.25, 0.3) is 0 Å². The van der Waals surface area contributed by atoms with Crippen molar-refractivity contribution in [1.82, 2.24) is 9.97 Å². The second kappa shape index (κ2) is 4.55. The van der Waals surface area contributed by atoms with Gasteiger partial charge >= 0.3 is 5.97 Å². The van der Waals surface area contributed by atoms with Crippen LogP contribution in [-0.4, -0.2) is 30.2 Å². The van der Waals surface area contributed by atoms with Crippen molar-refractivity contribution >= 4 is 28.5 Å². The average molecular weight is 253 g/mol. The van der Waals surface area contributed by atoms with Crippen molar-refractivity contribution < 1.29 is 14.3 Å². The van der Waals surface area contributed by atoms with Gasteiger partial charge in [-0.3, -0.25) is 0 Å². The molecule has 0 fully saturated rings. The lowest BCUT2D eigenvalue weighted by molar-refractivity contribution is 0.0596. The maximum Gasteiger partial charge on any atom is 0.343 e. The summed E-state index contributed by atoms with van der Waals surface area (Å²) in [5, 5.41) is 0.859. The monoisotopic (exact) mass is 252 g/mol. The van der Waals surface area contributed by atoms with Gasteiger partial charge in [0.15, 0.2) is 0 Å². The van der Waals surface area contributed by atoms with Crippen LogP contribution < -0.4 is 4.74 Å². The first-order chi connectivity index (χ1) is 8.17. The Kier molecular flexibility index (Phi) is 3.10. The highest BCUT2D eigenvalue weighted by Crippen LogP contribution is 2.26. The van der Waals surface area contributed by atoms with Crippen LogP contribution in [0.4, 0.5) is 0 Å². The first kappa shape index (κ1) is 11.6. The number of methoxy groups -OCH3 is 2. The zero-order valence-corrected chi connectivity index (χ0v) is 9.99. The van der Waals surface area contributed by atoms with E-state index in [2.05, 4.69) is 14.7 Å². The van der Waals surface area contributed by atoms with E-state index < -0.39 is 5.97 Å². The Labute approximate surface area is 102 Å². The van der Waals surface area contributed by atoms with E-state index in [0.717, 1.165) is 0 Å². The summed E-state index contributed by atoms with van der Waals surface area (Å²) in [6.07, 6.45) is 1.54. The number of aromatic nitrogens is 2. The van der Waals surface area contributed by atoms with E-state index in [-0.39, 0.29) is 16.6 Å². The van der Waals surface area contributed by atoms with Crippen LogP contribution in [0.5, 0.6) is 5.88 Å². The molecule has 88 valence electrons. The van der Waals surface area contributed by atoms with Crippen molar-refractivity contribution in [2.24, 2.45) is 0 Å². The van der Waals surface area contributed by atoms with Crippen molar-refractivity contribution in [3.05, 3.63) is 29.0 Å². The summed E-state index contributed by atoms with van der Waals surface area (Å²) in [6.45, 7) is 0. The normalized spacial score (nSPS) is 10.3. The number of ether oxygens (including phenoxy) is 2. The first-order valence-corrected chi connectivity index (χ1v) is 5.12. The number of rotatable bonds is 2. The molecule has 0 atom stereocenters. The van der Waals surface area contributed by atoms with Crippen molar-refractivity contribution in [2.45, 2.75) is 0 Å². The number of esters is 1. The third-order valence-corrected chi connectivity index (χ3v) is 2.56. The van der Waals surface area contributed by atoms with Crippen LogP contribution in [0, 0.1) is 0 Å². The second-order valence-corrected chi connectivity index (χ2v) is 3.56. The molecule has 2 aromatic rings. The Morgan fingerprint density at radius 3 is 2.82 bits per heavy atom. The topological polar surface area (TPSA) is 61.3 Å². The minimum atomic E-state index is -0.531.